The maximum absolute atomic E-state index is 11.7. The van der Waals surface area contributed by atoms with E-state index in [4.69, 9.17) is 9.47 Å². The molecule has 0 amide bonds. The first-order chi connectivity index (χ1) is 8.04. The third-order valence-corrected chi connectivity index (χ3v) is 3.17. The van der Waals surface area contributed by atoms with Gasteiger partial charge in [-0.15, -0.1) is 0 Å². The number of rotatable bonds is 4. The summed E-state index contributed by atoms with van der Waals surface area (Å²) in [6.07, 6.45) is 1.57. The number of aromatic nitrogens is 2. The van der Waals surface area contributed by atoms with Crippen LogP contribution in [0.2, 0.25) is 0 Å². The van der Waals surface area contributed by atoms with Crippen molar-refractivity contribution in [3.05, 3.63) is 11.4 Å². The highest BCUT2D eigenvalue weighted by Gasteiger charge is 2.39. The van der Waals surface area contributed by atoms with Crippen LogP contribution in [0.4, 0.5) is 0 Å². The number of methoxy groups -OCH3 is 1. The zero-order chi connectivity index (χ0) is 12.6. The average molecular weight is 238 g/mol. The molecule has 1 aromatic heterocycles. The van der Waals surface area contributed by atoms with Crippen LogP contribution in [0.3, 0.4) is 0 Å². The Hall–Kier alpha value is -1.52. The van der Waals surface area contributed by atoms with Crippen LogP contribution in [0, 0.1) is 19.8 Å². The van der Waals surface area contributed by atoms with Crippen molar-refractivity contribution >= 4 is 5.97 Å². The first-order valence-electron chi connectivity index (χ1n) is 5.79. The lowest BCUT2D eigenvalue weighted by atomic mass is 10.2. The monoisotopic (exact) mass is 238 g/mol. The Kier molecular flexibility index (Phi) is 3.09. The van der Waals surface area contributed by atoms with Gasteiger partial charge in [0.15, 0.2) is 11.9 Å². The summed E-state index contributed by atoms with van der Waals surface area (Å²) >= 11 is 0. The van der Waals surface area contributed by atoms with Gasteiger partial charge in [-0.2, -0.15) is 5.10 Å². The van der Waals surface area contributed by atoms with Crippen molar-refractivity contribution in [1.29, 1.82) is 0 Å². The topological polar surface area (TPSA) is 53.4 Å². The van der Waals surface area contributed by atoms with Crippen molar-refractivity contribution in [2.24, 2.45) is 13.0 Å². The van der Waals surface area contributed by atoms with Crippen LogP contribution in [-0.2, 0) is 16.6 Å². The van der Waals surface area contributed by atoms with E-state index in [0.717, 1.165) is 24.2 Å². The summed E-state index contributed by atoms with van der Waals surface area (Å²) in [5.41, 5.74) is 1.73. The van der Waals surface area contributed by atoms with Gasteiger partial charge in [-0.25, -0.2) is 4.79 Å². The summed E-state index contributed by atoms with van der Waals surface area (Å²) in [6, 6.07) is 0. The molecule has 0 aromatic carbocycles. The fourth-order valence-electron chi connectivity index (χ4n) is 1.90. The summed E-state index contributed by atoms with van der Waals surface area (Å²) in [6.45, 7) is 3.81. The predicted octanol–water partition coefficient (Wildman–Crippen LogP) is 1.37. The zero-order valence-electron chi connectivity index (χ0n) is 10.7. The summed E-state index contributed by atoms with van der Waals surface area (Å²) in [5, 5.41) is 4.27. The summed E-state index contributed by atoms with van der Waals surface area (Å²) in [4.78, 5) is 11.7. The van der Waals surface area contributed by atoms with Gasteiger partial charge in [-0.3, -0.25) is 4.68 Å². The van der Waals surface area contributed by atoms with Crippen molar-refractivity contribution in [1.82, 2.24) is 9.78 Å². The second-order valence-electron chi connectivity index (χ2n) is 4.52. The molecule has 2 rings (SSSR count). The minimum absolute atomic E-state index is 0.293. The van der Waals surface area contributed by atoms with Crippen LogP contribution in [-0.4, -0.2) is 29.0 Å². The SMILES string of the molecule is COC(=O)C(Oc1c(C)nn(C)c1C)C1CC1. The molecule has 1 aromatic rings. The van der Waals surface area contributed by atoms with Crippen molar-refractivity contribution in [3.8, 4) is 5.75 Å². The van der Waals surface area contributed by atoms with Gasteiger partial charge in [0.2, 0.25) is 0 Å². The van der Waals surface area contributed by atoms with Crippen LogP contribution in [0.1, 0.15) is 24.2 Å². The Morgan fingerprint density at radius 3 is 2.53 bits per heavy atom. The van der Waals surface area contributed by atoms with Gasteiger partial charge in [-0.05, 0) is 26.7 Å². The molecule has 1 saturated carbocycles. The normalized spacial score (nSPS) is 16.7. The van der Waals surface area contributed by atoms with Gasteiger partial charge < -0.3 is 9.47 Å². The lowest BCUT2D eigenvalue weighted by Crippen LogP contribution is -2.31. The molecule has 17 heavy (non-hydrogen) atoms. The number of aryl methyl sites for hydroxylation is 2. The first kappa shape index (κ1) is 12.0. The molecule has 0 N–H and O–H groups in total. The minimum atomic E-state index is -0.485. The van der Waals surface area contributed by atoms with Gasteiger partial charge in [0.05, 0.1) is 12.8 Å². The molecule has 0 saturated heterocycles. The highest BCUT2D eigenvalue weighted by atomic mass is 16.6. The lowest BCUT2D eigenvalue weighted by molar-refractivity contribution is -0.149. The van der Waals surface area contributed by atoms with Crippen molar-refractivity contribution < 1.29 is 14.3 Å². The Labute approximate surface area is 101 Å². The molecule has 0 aliphatic heterocycles. The third-order valence-electron chi connectivity index (χ3n) is 3.17. The van der Waals surface area contributed by atoms with E-state index in [-0.39, 0.29) is 5.97 Å². The smallest absolute Gasteiger partial charge is 0.347 e. The number of carbonyl (C=O) groups excluding carboxylic acids is 1. The fourth-order valence-corrected chi connectivity index (χ4v) is 1.90. The van der Waals surface area contributed by atoms with Crippen LogP contribution in [0.25, 0.3) is 0 Å². The number of hydrogen-bond donors (Lipinski definition) is 0. The second-order valence-corrected chi connectivity index (χ2v) is 4.52. The van der Waals surface area contributed by atoms with Crippen LogP contribution in [0.5, 0.6) is 5.75 Å². The van der Waals surface area contributed by atoms with E-state index < -0.39 is 6.10 Å². The average Bonchev–Trinajstić information content (AvgIpc) is 3.09. The standard InChI is InChI=1S/C12H18N2O3/c1-7-10(8(2)14(3)13-7)17-11(9-5-6-9)12(15)16-4/h9,11H,5-6H2,1-4H3. The van der Waals surface area contributed by atoms with E-state index >= 15 is 0 Å². The molecule has 5 heteroatoms. The van der Waals surface area contributed by atoms with Crippen molar-refractivity contribution in [2.45, 2.75) is 32.8 Å². The molecule has 1 aliphatic carbocycles. The summed E-state index contributed by atoms with van der Waals surface area (Å²) in [5.74, 6) is 0.700. The fraction of sp³-hybridized carbons (Fsp3) is 0.667. The van der Waals surface area contributed by atoms with Crippen molar-refractivity contribution in [3.63, 3.8) is 0 Å². The highest BCUT2D eigenvalue weighted by Crippen LogP contribution is 2.36. The Morgan fingerprint density at radius 1 is 1.47 bits per heavy atom. The molecule has 5 nitrogen and oxygen atoms in total. The number of hydrogen-bond acceptors (Lipinski definition) is 4. The first-order valence-corrected chi connectivity index (χ1v) is 5.79. The maximum atomic E-state index is 11.7. The molecule has 1 aliphatic rings. The molecule has 1 atom stereocenters. The molecular formula is C12H18N2O3. The molecule has 0 spiro atoms. The highest BCUT2D eigenvalue weighted by molar-refractivity contribution is 5.76. The van der Waals surface area contributed by atoms with Gasteiger partial charge >= 0.3 is 5.97 Å². The van der Waals surface area contributed by atoms with Gasteiger partial charge in [0.1, 0.15) is 5.69 Å². The summed E-state index contributed by atoms with van der Waals surface area (Å²) in [7, 11) is 3.25. The molecule has 1 heterocycles. The Bertz CT molecular complexity index is 435. The van der Waals surface area contributed by atoms with E-state index in [1.54, 1.807) is 4.68 Å². The van der Waals surface area contributed by atoms with Gasteiger partial charge in [-0.1, -0.05) is 0 Å². The molecule has 0 radical (unpaired) electrons. The molecule has 1 unspecified atom stereocenters. The van der Waals surface area contributed by atoms with Crippen LogP contribution >= 0.6 is 0 Å². The van der Waals surface area contributed by atoms with Crippen LogP contribution < -0.4 is 4.74 Å². The second kappa shape index (κ2) is 4.39. The number of carbonyl (C=O) groups is 1. The zero-order valence-corrected chi connectivity index (χ0v) is 10.7. The predicted molar refractivity (Wildman–Crippen MR) is 61.8 cm³/mol. The lowest BCUT2D eigenvalue weighted by Gasteiger charge is -2.16. The Balaban J connectivity index is 2.20. The molecule has 0 bridgehead atoms. The van der Waals surface area contributed by atoms with Gasteiger partial charge in [0.25, 0.3) is 0 Å². The van der Waals surface area contributed by atoms with Crippen LogP contribution in [0.15, 0.2) is 0 Å². The summed E-state index contributed by atoms with van der Waals surface area (Å²) < 4.78 is 12.4. The number of ether oxygens (including phenoxy) is 2. The van der Waals surface area contributed by atoms with E-state index in [0.29, 0.717) is 11.7 Å². The minimum Gasteiger partial charge on any atom is -0.475 e. The third kappa shape index (κ3) is 2.28. The largest absolute Gasteiger partial charge is 0.475 e. The van der Waals surface area contributed by atoms with E-state index in [1.165, 1.54) is 7.11 Å². The van der Waals surface area contributed by atoms with E-state index in [2.05, 4.69) is 5.10 Å². The number of esters is 1. The Morgan fingerprint density at radius 2 is 2.12 bits per heavy atom. The maximum Gasteiger partial charge on any atom is 0.347 e. The molecular weight excluding hydrogens is 220 g/mol. The van der Waals surface area contributed by atoms with Gasteiger partial charge in [0, 0.05) is 13.0 Å². The number of nitrogens with zero attached hydrogens (tertiary/aromatic N) is 2. The molecule has 94 valence electrons. The molecule has 1 fully saturated rings. The van der Waals surface area contributed by atoms with E-state index in [1.807, 2.05) is 20.9 Å². The quantitative estimate of drug-likeness (QED) is 0.743. The van der Waals surface area contributed by atoms with E-state index in [9.17, 15) is 4.79 Å². The van der Waals surface area contributed by atoms with Crippen molar-refractivity contribution in [2.75, 3.05) is 7.11 Å².